The fraction of sp³-hybridized carbons (Fsp3) is 0.312. The Hall–Kier alpha value is -2.28. The molecule has 0 N–H and O–H groups in total. The van der Waals surface area contributed by atoms with Gasteiger partial charge in [-0.3, -0.25) is 23.6 Å². The third-order valence-electron chi connectivity index (χ3n) is 3.93. The number of benzene rings is 1. The number of fused-ring (bicyclic) bond motifs is 1. The van der Waals surface area contributed by atoms with Gasteiger partial charge >= 0.3 is 5.69 Å². The van der Waals surface area contributed by atoms with Crippen molar-refractivity contribution in [2.24, 2.45) is 14.1 Å². The standard InChI is InChI=1S/C16H17N3O3S/c1-9(2)19-14(20)13(23-16(19)22)8-10-5-6-11-12(7-10)18(4)15(21)17(11)3/h5-9H,1-4H3/b13-8-. The summed E-state index contributed by atoms with van der Waals surface area (Å²) in [6.45, 7) is 3.62. The Morgan fingerprint density at radius 2 is 1.70 bits per heavy atom. The van der Waals surface area contributed by atoms with Crippen LogP contribution in [0.5, 0.6) is 0 Å². The van der Waals surface area contributed by atoms with Gasteiger partial charge < -0.3 is 0 Å². The van der Waals surface area contributed by atoms with E-state index in [0.29, 0.717) is 4.91 Å². The third-order valence-corrected chi connectivity index (χ3v) is 4.82. The second-order valence-corrected chi connectivity index (χ2v) is 6.79. The molecule has 1 aliphatic rings. The molecule has 0 atom stereocenters. The summed E-state index contributed by atoms with van der Waals surface area (Å²) in [4.78, 5) is 37.8. The van der Waals surface area contributed by atoms with Crippen LogP contribution in [0.4, 0.5) is 4.79 Å². The lowest BCUT2D eigenvalue weighted by Gasteiger charge is -2.16. The molecule has 120 valence electrons. The van der Waals surface area contributed by atoms with Crippen molar-refractivity contribution >= 4 is 40.0 Å². The van der Waals surface area contributed by atoms with Crippen molar-refractivity contribution in [1.82, 2.24) is 14.0 Å². The summed E-state index contributed by atoms with van der Waals surface area (Å²) in [5.74, 6) is -0.267. The van der Waals surface area contributed by atoms with Gasteiger partial charge in [0.2, 0.25) is 0 Å². The molecule has 3 rings (SSSR count). The number of nitrogens with zero attached hydrogens (tertiary/aromatic N) is 3. The Balaban J connectivity index is 2.05. The first-order valence-corrected chi connectivity index (χ1v) is 8.05. The lowest BCUT2D eigenvalue weighted by molar-refractivity contribution is -0.123. The minimum atomic E-state index is -0.267. The quantitative estimate of drug-likeness (QED) is 0.792. The molecule has 0 saturated carbocycles. The molecule has 1 aromatic carbocycles. The van der Waals surface area contributed by atoms with Crippen molar-refractivity contribution in [2.75, 3.05) is 0 Å². The zero-order valence-corrected chi connectivity index (χ0v) is 14.2. The molecule has 6 nitrogen and oxygen atoms in total. The summed E-state index contributed by atoms with van der Waals surface area (Å²) < 4.78 is 3.14. The third kappa shape index (κ3) is 2.41. The van der Waals surface area contributed by atoms with Gasteiger partial charge in [-0.15, -0.1) is 0 Å². The van der Waals surface area contributed by atoms with Crippen LogP contribution < -0.4 is 5.69 Å². The molecule has 0 bridgehead atoms. The minimum Gasteiger partial charge on any atom is -0.295 e. The van der Waals surface area contributed by atoms with Crippen LogP contribution in [0.3, 0.4) is 0 Å². The highest BCUT2D eigenvalue weighted by atomic mass is 32.2. The van der Waals surface area contributed by atoms with Crippen LogP contribution >= 0.6 is 11.8 Å². The molecule has 2 aromatic rings. The molecular formula is C16H17N3O3S. The van der Waals surface area contributed by atoms with Gasteiger partial charge in [-0.2, -0.15) is 0 Å². The van der Waals surface area contributed by atoms with Crippen LogP contribution in [0.2, 0.25) is 0 Å². The van der Waals surface area contributed by atoms with Crippen LogP contribution in [0.15, 0.2) is 27.9 Å². The zero-order valence-electron chi connectivity index (χ0n) is 13.4. The highest BCUT2D eigenvalue weighted by Gasteiger charge is 2.36. The van der Waals surface area contributed by atoms with Crippen LogP contribution in [0.1, 0.15) is 19.4 Å². The maximum atomic E-state index is 12.3. The summed E-state index contributed by atoms with van der Waals surface area (Å²) in [6.07, 6.45) is 1.70. The van der Waals surface area contributed by atoms with Gasteiger partial charge in [-0.25, -0.2) is 4.79 Å². The monoisotopic (exact) mass is 331 g/mol. The molecule has 0 spiro atoms. The van der Waals surface area contributed by atoms with Crippen molar-refractivity contribution in [2.45, 2.75) is 19.9 Å². The van der Waals surface area contributed by atoms with E-state index in [2.05, 4.69) is 0 Å². The SMILES string of the molecule is CC(C)N1C(=O)S/C(=C\c2ccc3c(c2)n(C)c(=O)n3C)C1=O. The van der Waals surface area contributed by atoms with Crippen molar-refractivity contribution in [3.05, 3.63) is 39.2 Å². The summed E-state index contributed by atoms with van der Waals surface area (Å²) in [5.41, 5.74) is 2.30. The first-order chi connectivity index (χ1) is 10.8. The second-order valence-electron chi connectivity index (χ2n) is 5.79. The maximum Gasteiger partial charge on any atom is 0.328 e. The van der Waals surface area contributed by atoms with Crippen molar-refractivity contribution in [3.8, 4) is 0 Å². The molecule has 0 aliphatic carbocycles. The van der Waals surface area contributed by atoms with Crippen LogP contribution in [-0.2, 0) is 18.9 Å². The fourth-order valence-corrected chi connectivity index (χ4v) is 3.65. The number of carbonyl (C=O) groups is 2. The number of amides is 2. The minimum absolute atomic E-state index is 0.0997. The first-order valence-electron chi connectivity index (χ1n) is 7.23. The lowest BCUT2D eigenvalue weighted by atomic mass is 10.1. The predicted octanol–water partition coefficient (Wildman–Crippen LogP) is 2.32. The van der Waals surface area contributed by atoms with Crippen LogP contribution in [0.25, 0.3) is 17.1 Å². The molecule has 1 saturated heterocycles. The number of thioether (sulfide) groups is 1. The lowest BCUT2D eigenvalue weighted by Crippen LogP contribution is -2.34. The van der Waals surface area contributed by atoms with E-state index >= 15 is 0 Å². The maximum absolute atomic E-state index is 12.3. The molecule has 7 heteroatoms. The number of aromatic nitrogens is 2. The number of aryl methyl sites for hydroxylation is 2. The highest BCUT2D eigenvalue weighted by Crippen LogP contribution is 2.33. The fourth-order valence-electron chi connectivity index (χ4n) is 2.69. The van der Waals surface area contributed by atoms with E-state index in [1.807, 2.05) is 32.0 Å². The van der Waals surface area contributed by atoms with E-state index in [1.54, 1.807) is 29.3 Å². The van der Waals surface area contributed by atoms with Crippen molar-refractivity contribution in [1.29, 1.82) is 0 Å². The van der Waals surface area contributed by atoms with Crippen LogP contribution in [-0.4, -0.2) is 31.2 Å². The Morgan fingerprint density at radius 3 is 2.30 bits per heavy atom. The normalized spacial score (nSPS) is 17.3. The van der Waals surface area contributed by atoms with Crippen molar-refractivity contribution < 1.29 is 9.59 Å². The summed E-state index contributed by atoms with van der Waals surface area (Å²) >= 11 is 0.948. The van der Waals surface area contributed by atoms with Gasteiger partial charge in [0.25, 0.3) is 11.1 Å². The van der Waals surface area contributed by atoms with Gasteiger partial charge in [-0.05, 0) is 49.4 Å². The summed E-state index contributed by atoms with van der Waals surface area (Å²) in [7, 11) is 3.43. The molecule has 0 unspecified atom stereocenters. The molecule has 0 radical (unpaired) electrons. The molecule has 1 fully saturated rings. The van der Waals surface area contributed by atoms with Gasteiger partial charge in [0.05, 0.1) is 15.9 Å². The molecular weight excluding hydrogens is 314 g/mol. The van der Waals surface area contributed by atoms with E-state index < -0.39 is 0 Å². The average molecular weight is 331 g/mol. The first kappa shape index (κ1) is 15.6. The smallest absolute Gasteiger partial charge is 0.295 e. The largest absolute Gasteiger partial charge is 0.328 e. The number of hydrogen-bond donors (Lipinski definition) is 0. The molecule has 23 heavy (non-hydrogen) atoms. The second kappa shape index (κ2) is 5.42. The van der Waals surface area contributed by atoms with Crippen LogP contribution in [0, 0.1) is 0 Å². The highest BCUT2D eigenvalue weighted by molar-refractivity contribution is 8.18. The van der Waals surface area contributed by atoms with E-state index in [1.165, 1.54) is 4.90 Å². The number of rotatable bonds is 2. The van der Waals surface area contributed by atoms with Gasteiger partial charge in [-0.1, -0.05) is 6.07 Å². The number of carbonyl (C=O) groups excluding carboxylic acids is 2. The van der Waals surface area contributed by atoms with E-state index in [9.17, 15) is 14.4 Å². The Bertz CT molecular complexity index is 921. The molecule has 1 aliphatic heterocycles. The van der Waals surface area contributed by atoms with E-state index in [0.717, 1.165) is 28.4 Å². The number of imidazole rings is 1. The number of imide groups is 1. The number of hydrogen-bond acceptors (Lipinski definition) is 4. The van der Waals surface area contributed by atoms with Gasteiger partial charge in [0, 0.05) is 20.1 Å². The average Bonchev–Trinajstić information content (AvgIpc) is 2.89. The summed E-state index contributed by atoms with van der Waals surface area (Å²) in [6, 6.07) is 5.37. The molecule has 2 amide bonds. The summed E-state index contributed by atoms with van der Waals surface area (Å²) in [5, 5.41) is -0.246. The van der Waals surface area contributed by atoms with Gasteiger partial charge in [0.15, 0.2) is 0 Å². The molecule has 2 heterocycles. The molecule has 1 aromatic heterocycles. The zero-order chi connectivity index (χ0) is 16.9. The van der Waals surface area contributed by atoms with Gasteiger partial charge in [0.1, 0.15) is 0 Å². The Labute approximate surface area is 137 Å². The van der Waals surface area contributed by atoms with E-state index in [4.69, 9.17) is 0 Å². The predicted molar refractivity (Wildman–Crippen MR) is 91.1 cm³/mol. The van der Waals surface area contributed by atoms with Crippen molar-refractivity contribution in [3.63, 3.8) is 0 Å². The Morgan fingerprint density at radius 1 is 1.04 bits per heavy atom. The Kier molecular flexibility index (Phi) is 3.68. The topological polar surface area (TPSA) is 64.3 Å². The van der Waals surface area contributed by atoms with E-state index in [-0.39, 0.29) is 22.9 Å².